The number of likely N-dealkylation sites (N-methyl/N-ethyl adjacent to an activating group) is 1. The zero-order chi connectivity index (χ0) is 12.3. The summed E-state index contributed by atoms with van der Waals surface area (Å²) in [6, 6.07) is 6.06. The predicted molar refractivity (Wildman–Crippen MR) is 78.4 cm³/mol. The van der Waals surface area contributed by atoms with Crippen molar-refractivity contribution in [3.8, 4) is 10.6 Å². The Labute approximate surface area is 121 Å². The van der Waals surface area contributed by atoms with Gasteiger partial charge in [0.05, 0.1) is 0 Å². The molecule has 1 N–H and O–H groups in total. The Morgan fingerprint density at radius 3 is 2.82 bits per heavy atom. The van der Waals surface area contributed by atoms with Crippen molar-refractivity contribution in [1.29, 1.82) is 0 Å². The van der Waals surface area contributed by atoms with E-state index in [4.69, 9.17) is 0 Å². The Morgan fingerprint density at radius 2 is 2.12 bits per heavy atom. The molecule has 2 rings (SSSR count). The molecule has 0 aliphatic rings. The number of nitrogens with one attached hydrogen (secondary N) is 1. The van der Waals surface area contributed by atoms with Crippen LogP contribution in [0.5, 0.6) is 0 Å². The molecule has 0 saturated heterocycles. The number of rotatable bonds is 4. The Kier molecular flexibility index (Phi) is 4.67. The fraction of sp³-hybridized carbons (Fsp3) is 0.273. The van der Waals surface area contributed by atoms with E-state index in [1.165, 1.54) is 0 Å². The van der Waals surface area contributed by atoms with Crippen LogP contribution in [-0.2, 0) is 6.42 Å². The first kappa shape index (κ1) is 13.1. The van der Waals surface area contributed by atoms with Gasteiger partial charge in [-0.3, -0.25) is 0 Å². The number of aromatic nitrogens is 2. The fourth-order valence-electron chi connectivity index (χ4n) is 1.36. The van der Waals surface area contributed by atoms with Gasteiger partial charge in [0.1, 0.15) is 10.0 Å². The third-order valence-corrected chi connectivity index (χ3v) is 4.38. The first-order valence-electron chi connectivity index (χ1n) is 5.13. The molecule has 1 aromatic carbocycles. The number of hydrogen-bond donors (Lipinski definition) is 1. The lowest BCUT2D eigenvalue weighted by molar-refractivity contribution is 0.779. The average molecular weight is 377 g/mol. The van der Waals surface area contributed by atoms with Gasteiger partial charge in [-0.05, 0) is 25.2 Å². The monoisotopic (exact) mass is 375 g/mol. The molecule has 90 valence electrons. The van der Waals surface area contributed by atoms with Crippen molar-refractivity contribution < 1.29 is 0 Å². The first-order valence-corrected chi connectivity index (χ1v) is 7.53. The topological polar surface area (TPSA) is 37.8 Å². The summed E-state index contributed by atoms with van der Waals surface area (Å²) in [5, 5.41) is 13.5. The highest BCUT2D eigenvalue weighted by molar-refractivity contribution is 9.11. The summed E-state index contributed by atoms with van der Waals surface area (Å²) in [6.07, 6.45) is 0.919. The molecule has 0 atom stereocenters. The molecule has 0 radical (unpaired) electrons. The highest BCUT2D eigenvalue weighted by Crippen LogP contribution is 2.32. The van der Waals surface area contributed by atoms with Crippen LogP contribution in [0.15, 0.2) is 27.1 Å². The first-order chi connectivity index (χ1) is 8.20. The molecule has 0 aliphatic heterocycles. The van der Waals surface area contributed by atoms with E-state index in [1.54, 1.807) is 11.3 Å². The fourth-order valence-corrected chi connectivity index (χ4v) is 3.60. The van der Waals surface area contributed by atoms with Crippen LogP contribution < -0.4 is 5.32 Å². The van der Waals surface area contributed by atoms with Crippen LogP contribution in [0, 0.1) is 0 Å². The third kappa shape index (κ3) is 3.34. The molecule has 0 unspecified atom stereocenters. The summed E-state index contributed by atoms with van der Waals surface area (Å²) >= 11 is 8.62. The van der Waals surface area contributed by atoms with Gasteiger partial charge in [-0.1, -0.05) is 43.2 Å². The van der Waals surface area contributed by atoms with Gasteiger partial charge in [0.2, 0.25) is 0 Å². The van der Waals surface area contributed by atoms with Crippen LogP contribution in [0.1, 0.15) is 5.01 Å². The molecule has 6 heteroatoms. The summed E-state index contributed by atoms with van der Waals surface area (Å²) in [5.41, 5.74) is 1.08. The number of benzene rings is 1. The van der Waals surface area contributed by atoms with Gasteiger partial charge in [0.25, 0.3) is 0 Å². The second-order valence-electron chi connectivity index (χ2n) is 3.48. The summed E-state index contributed by atoms with van der Waals surface area (Å²) in [5.74, 6) is 0. The van der Waals surface area contributed by atoms with E-state index in [0.717, 1.165) is 37.5 Å². The summed E-state index contributed by atoms with van der Waals surface area (Å²) < 4.78 is 2.08. The second-order valence-corrected chi connectivity index (χ2v) is 6.31. The van der Waals surface area contributed by atoms with Gasteiger partial charge in [0, 0.05) is 27.5 Å². The molecule has 0 aliphatic carbocycles. The number of halogens is 2. The highest BCUT2D eigenvalue weighted by Gasteiger charge is 2.09. The molecule has 3 nitrogen and oxygen atoms in total. The molecule has 0 spiro atoms. The quantitative estimate of drug-likeness (QED) is 0.887. The Morgan fingerprint density at radius 1 is 1.29 bits per heavy atom. The van der Waals surface area contributed by atoms with Gasteiger partial charge >= 0.3 is 0 Å². The van der Waals surface area contributed by atoms with Crippen LogP contribution in [0.3, 0.4) is 0 Å². The van der Waals surface area contributed by atoms with Gasteiger partial charge in [-0.2, -0.15) is 0 Å². The van der Waals surface area contributed by atoms with E-state index in [0.29, 0.717) is 0 Å². The van der Waals surface area contributed by atoms with Crippen molar-refractivity contribution >= 4 is 43.2 Å². The highest BCUT2D eigenvalue weighted by atomic mass is 79.9. The zero-order valence-corrected chi connectivity index (χ0v) is 13.2. The summed E-state index contributed by atoms with van der Waals surface area (Å²) in [4.78, 5) is 0. The van der Waals surface area contributed by atoms with Crippen LogP contribution in [0.4, 0.5) is 0 Å². The van der Waals surface area contributed by atoms with Crippen molar-refractivity contribution in [2.24, 2.45) is 0 Å². The molecular weight excluding hydrogens is 366 g/mol. The smallest absolute Gasteiger partial charge is 0.148 e. The lowest BCUT2D eigenvalue weighted by Gasteiger charge is -1.99. The van der Waals surface area contributed by atoms with E-state index < -0.39 is 0 Å². The van der Waals surface area contributed by atoms with Crippen LogP contribution in [-0.4, -0.2) is 23.8 Å². The van der Waals surface area contributed by atoms with Crippen molar-refractivity contribution in [2.75, 3.05) is 13.6 Å². The van der Waals surface area contributed by atoms with Crippen molar-refractivity contribution in [1.82, 2.24) is 15.5 Å². The van der Waals surface area contributed by atoms with Gasteiger partial charge in [-0.25, -0.2) is 0 Å². The largest absolute Gasteiger partial charge is 0.319 e. The van der Waals surface area contributed by atoms with Crippen LogP contribution in [0.25, 0.3) is 10.6 Å². The third-order valence-electron chi connectivity index (χ3n) is 2.22. The maximum absolute atomic E-state index is 4.23. The number of hydrogen-bond acceptors (Lipinski definition) is 4. The minimum absolute atomic E-state index is 0.919. The van der Waals surface area contributed by atoms with E-state index in [2.05, 4.69) is 47.4 Å². The summed E-state index contributed by atoms with van der Waals surface area (Å²) in [7, 11) is 1.94. The minimum Gasteiger partial charge on any atom is -0.319 e. The van der Waals surface area contributed by atoms with E-state index in [1.807, 2.05) is 25.2 Å². The van der Waals surface area contributed by atoms with Crippen molar-refractivity contribution in [3.05, 3.63) is 32.2 Å². The van der Waals surface area contributed by atoms with Crippen LogP contribution >= 0.6 is 43.2 Å². The zero-order valence-electron chi connectivity index (χ0n) is 9.20. The number of nitrogens with zero attached hydrogens (tertiary/aromatic N) is 2. The standard InChI is InChI=1S/C11H11Br2N3S/c1-14-5-4-10-15-16-11(17-10)8-3-2-7(12)6-9(8)13/h2-3,6,14H,4-5H2,1H3. The Hall–Kier alpha value is -0.300. The van der Waals surface area contributed by atoms with Gasteiger partial charge < -0.3 is 5.32 Å². The molecule has 1 aromatic heterocycles. The van der Waals surface area contributed by atoms with E-state index in [9.17, 15) is 0 Å². The van der Waals surface area contributed by atoms with Crippen molar-refractivity contribution in [2.45, 2.75) is 6.42 Å². The maximum Gasteiger partial charge on any atom is 0.148 e. The SMILES string of the molecule is CNCCc1nnc(-c2ccc(Br)cc2Br)s1. The van der Waals surface area contributed by atoms with E-state index >= 15 is 0 Å². The molecule has 0 amide bonds. The molecular formula is C11H11Br2N3S. The minimum atomic E-state index is 0.919. The lowest BCUT2D eigenvalue weighted by atomic mass is 10.2. The average Bonchev–Trinajstić information content (AvgIpc) is 2.75. The summed E-state index contributed by atoms with van der Waals surface area (Å²) in [6.45, 7) is 0.927. The van der Waals surface area contributed by atoms with Crippen molar-refractivity contribution in [3.63, 3.8) is 0 Å². The Balaban J connectivity index is 2.24. The normalized spacial score (nSPS) is 10.8. The van der Waals surface area contributed by atoms with E-state index in [-0.39, 0.29) is 0 Å². The molecule has 17 heavy (non-hydrogen) atoms. The lowest BCUT2D eigenvalue weighted by Crippen LogP contribution is -2.09. The predicted octanol–water partition coefficient (Wildman–Crippen LogP) is 3.49. The van der Waals surface area contributed by atoms with Crippen LogP contribution in [0.2, 0.25) is 0 Å². The molecule has 1 heterocycles. The molecule has 2 aromatic rings. The van der Waals surface area contributed by atoms with Gasteiger partial charge in [0.15, 0.2) is 0 Å². The molecule has 0 saturated carbocycles. The molecule has 0 bridgehead atoms. The Bertz CT molecular complexity index is 513. The maximum atomic E-state index is 4.23. The molecule has 0 fully saturated rings. The second kappa shape index (κ2) is 6.04. The van der Waals surface area contributed by atoms with Gasteiger partial charge in [-0.15, -0.1) is 10.2 Å².